The minimum atomic E-state index is -0.739. The Morgan fingerprint density at radius 1 is 1.35 bits per heavy atom. The number of ether oxygens (including phenoxy) is 1. The molecule has 0 fully saturated rings. The second-order valence-electron chi connectivity index (χ2n) is 7.29. The van der Waals surface area contributed by atoms with E-state index in [4.69, 9.17) is 10.00 Å². The number of nitro groups is 1. The number of thiazole rings is 1. The van der Waals surface area contributed by atoms with Crippen LogP contribution in [0.2, 0.25) is 0 Å². The minimum Gasteiger partial charge on any atom is -0.478 e. The van der Waals surface area contributed by atoms with Gasteiger partial charge in [0.2, 0.25) is 5.75 Å². The van der Waals surface area contributed by atoms with Crippen LogP contribution in [0.3, 0.4) is 0 Å². The summed E-state index contributed by atoms with van der Waals surface area (Å²) in [4.78, 5) is 19.8. The summed E-state index contributed by atoms with van der Waals surface area (Å²) in [6.07, 6.45) is 0.984. The Balaban J connectivity index is 1.72. The third kappa shape index (κ3) is 4.80. The van der Waals surface area contributed by atoms with E-state index in [1.807, 2.05) is 6.07 Å². The molecule has 0 N–H and O–H groups in total. The fourth-order valence-electron chi connectivity index (χ4n) is 3.48. The van der Waals surface area contributed by atoms with Crippen LogP contribution in [-0.2, 0) is 13.5 Å². The first-order valence-corrected chi connectivity index (χ1v) is 11.6. The fraction of sp³-hybridized carbons (Fsp3) is 0.182. The SMILES string of the molecule is C[C@@H](Oc1cc(Br)cnc1[N+](=O)[O-])c1cc(F)ccc1-c1scnc1Cc1cc(C#N)nn1C. The van der Waals surface area contributed by atoms with Gasteiger partial charge in [-0.05, 0) is 51.0 Å². The van der Waals surface area contributed by atoms with Crippen molar-refractivity contribution in [1.29, 1.82) is 5.26 Å². The van der Waals surface area contributed by atoms with Gasteiger partial charge in [0.05, 0.1) is 20.6 Å². The van der Waals surface area contributed by atoms with Crippen LogP contribution in [0.1, 0.15) is 35.7 Å². The highest BCUT2D eigenvalue weighted by molar-refractivity contribution is 9.10. The largest absolute Gasteiger partial charge is 0.478 e. The van der Waals surface area contributed by atoms with Crippen LogP contribution in [-0.4, -0.2) is 24.7 Å². The highest BCUT2D eigenvalue weighted by Crippen LogP contribution is 2.38. The van der Waals surface area contributed by atoms with Crippen LogP contribution < -0.4 is 4.74 Å². The van der Waals surface area contributed by atoms with E-state index in [1.165, 1.54) is 35.7 Å². The summed E-state index contributed by atoms with van der Waals surface area (Å²) in [5.41, 5.74) is 4.72. The molecule has 0 bridgehead atoms. The Morgan fingerprint density at radius 3 is 2.85 bits per heavy atom. The van der Waals surface area contributed by atoms with Gasteiger partial charge in [0.15, 0.2) is 11.9 Å². The lowest BCUT2D eigenvalue weighted by atomic mass is 9.99. The first-order chi connectivity index (χ1) is 16.3. The summed E-state index contributed by atoms with van der Waals surface area (Å²) >= 11 is 4.63. The van der Waals surface area contributed by atoms with Crippen LogP contribution in [0.4, 0.5) is 10.2 Å². The Kier molecular flexibility index (Phi) is 6.67. The lowest BCUT2D eigenvalue weighted by molar-refractivity contribution is -0.390. The molecule has 1 aromatic carbocycles. The number of benzene rings is 1. The molecule has 12 heteroatoms. The Hall–Kier alpha value is -3.69. The van der Waals surface area contributed by atoms with Gasteiger partial charge < -0.3 is 14.9 Å². The number of nitriles is 1. The van der Waals surface area contributed by atoms with Gasteiger partial charge in [-0.1, -0.05) is 6.07 Å². The van der Waals surface area contributed by atoms with Crippen LogP contribution in [0, 0.1) is 27.3 Å². The average Bonchev–Trinajstić information content (AvgIpc) is 3.40. The van der Waals surface area contributed by atoms with Gasteiger partial charge in [0.1, 0.15) is 18.0 Å². The molecule has 0 amide bonds. The van der Waals surface area contributed by atoms with Crippen LogP contribution in [0.25, 0.3) is 10.4 Å². The van der Waals surface area contributed by atoms with Crippen molar-refractivity contribution in [2.45, 2.75) is 19.4 Å². The zero-order valence-electron chi connectivity index (χ0n) is 17.9. The first-order valence-electron chi connectivity index (χ1n) is 9.88. The van der Waals surface area contributed by atoms with Gasteiger partial charge in [0, 0.05) is 36.4 Å². The molecule has 4 rings (SSSR count). The topological polar surface area (TPSA) is 120 Å². The molecule has 0 saturated carbocycles. The molecular weight excluding hydrogens is 527 g/mol. The normalized spacial score (nSPS) is 11.7. The maximum absolute atomic E-state index is 14.3. The van der Waals surface area contributed by atoms with Gasteiger partial charge in [-0.15, -0.1) is 11.3 Å². The third-order valence-electron chi connectivity index (χ3n) is 5.05. The molecule has 4 aromatic rings. The monoisotopic (exact) mass is 542 g/mol. The summed E-state index contributed by atoms with van der Waals surface area (Å²) in [7, 11) is 1.75. The number of pyridine rings is 1. The Morgan fingerprint density at radius 2 is 2.15 bits per heavy atom. The van der Waals surface area contributed by atoms with Crippen molar-refractivity contribution in [1.82, 2.24) is 19.7 Å². The third-order valence-corrected chi connectivity index (χ3v) is 6.39. The smallest absolute Gasteiger partial charge is 0.406 e. The maximum atomic E-state index is 14.3. The summed E-state index contributed by atoms with van der Waals surface area (Å²) in [6, 6.07) is 9.49. The molecule has 9 nitrogen and oxygen atoms in total. The van der Waals surface area contributed by atoms with E-state index in [-0.39, 0.29) is 5.75 Å². The maximum Gasteiger partial charge on any atom is 0.406 e. The van der Waals surface area contributed by atoms with E-state index in [0.29, 0.717) is 27.7 Å². The summed E-state index contributed by atoms with van der Waals surface area (Å²) < 4.78 is 22.3. The number of aromatic nitrogens is 4. The molecule has 1 atom stereocenters. The Labute approximate surface area is 205 Å². The zero-order valence-corrected chi connectivity index (χ0v) is 20.3. The van der Waals surface area contributed by atoms with Gasteiger partial charge >= 0.3 is 5.82 Å². The van der Waals surface area contributed by atoms with Gasteiger partial charge in [-0.3, -0.25) is 4.68 Å². The standard InChI is InChI=1S/C22H16BrFN6O3S/c1-12(33-20-5-13(23)10-26-22(20)30(31)32)18-6-14(24)3-4-17(18)21-19(27-11-34-21)8-16-7-15(9-25)28-29(16)2/h3-7,10-12H,8H2,1-2H3/t12-/m1/s1. The van der Waals surface area contributed by atoms with Gasteiger partial charge in [-0.2, -0.15) is 10.4 Å². The summed E-state index contributed by atoms with van der Waals surface area (Å²) in [5, 5.41) is 24.6. The molecule has 0 unspecified atom stereocenters. The van der Waals surface area contributed by atoms with Crippen molar-refractivity contribution in [3.8, 4) is 22.3 Å². The van der Waals surface area contributed by atoms with Crippen molar-refractivity contribution < 1.29 is 14.1 Å². The van der Waals surface area contributed by atoms with E-state index in [2.05, 4.69) is 31.0 Å². The predicted molar refractivity (Wildman–Crippen MR) is 126 cm³/mol. The molecular formula is C22H16BrFN6O3S. The molecule has 3 heterocycles. The number of halogens is 2. The predicted octanol–water partition coefficient (Wildman–Crippen LogP) is 5.35. The molecule has 0 radical (unpaired) electrons. The van der Waals surface area contributed by atoms with E-state index < -0.39 is 22.7 Å². The lowest BCUT2D eigenvalue weighted by Crippen LogP contribution is -2.08. The number of nitrogens with zero attached hydrogens (tertiary/aromatic N) is 6. The van der Waals surface area contributed by atoms with Crippen molar-refractivity contribution in [2.75, 3.05) is 0 Å². The summed E-state index contributed by atoms with van der Waals surface area (Å²) in [6.45, 7) is 1.68. The van der Waals surface area contributed by atoms with Crippen molar-refractivity contribution >= 4 is 33.1 Å². The number of hydrogen-bond donors (Lipinski definition) is 0. The molecule has 3 aromatic heterocycles. The number of hydrogen-bond acceptors (Lipinski definition) is 8. The fourth-order valence-corrected chi connectivity index (χ4v) is 4.65. The van der Waals surface area contributed by atoms with E-state index in [1.54, 1.807) is 36.3 Å². The second-order valence-corrected chi connectivity index (χ2v) is 9.06. The molecule has 172 valence electrons. The van der Waals surface area contributed by atoms with Crippen molar-refractivity contribution in [3.63, 3.8) is 0 Å². The van der Waals surface area contributed by atoms with Gasteiger partial charge in [0.25, 0.3) is 0 Å². The quantitative estimate of drug-likeness (QED) is 0.228. The molecule has 0 aliphatic rings. The molecule has 0 spiro atoms. The van der Waals surface area contributed by atoms with Gasteiger partial charge in [-0.25, -0.2) is 9.37 Å². The molecule has 34 heavy (non-hydrogen) atoms. The first kappa shape index (κ1) is 23.5. The zero-order chi connectivity index (χ0) is 24.4. The van der Waals surface area contributed by atoms with Crippen LogP contribution >= 0.6 is 27.3 Å². The Bertz CT molecular complexity index is 1430. The second kappa shape index (κ2) is 9.66. The van der Waals surface area contributed by atoms with E-state index in [0.717, 1.165) is 16.3 Å². The van der Waals surface area contributed by atoms with E-state index >= 15 is 0 Å². The summed E-state index contributed by atoms with van der Waals surface area (Å²) in [5.74, 6) is -0.936. The minimum absolute atomic E-state index is 0.0365. The molecule has 0 aliphatic heterocycles. The lowest BCUT2D eigenvalue weighted by Gasteiger charge is -2.18. The number of rotatable bonds is 7. The van der Waals surface area contributed by atoms with Crippen LogP contribution in [0.5, 0.6) is 5.75 Å². The molecule has 0 saturated heterocycles. The van der Waals surface area contributed by atoms with Crippen molar-refractivity contribution in [3.05, 3.63) is 85.1 Å². The average molecular weight is 543 g/mol. The van der Waals surface area contributed by atoms with E-state index in [9.17, 15) is 14.5 Å². The van der Waals surface area contributed by atoms with Crippen LogP contribution in [0.15, 0.2) is 46.5 Å². The van der Waals surface area contributed by atoms with Crippen molar-refractivity contribution in [2.24, 2.45) is 7.05 Å². The molecule has 0 aliphatic carbocycles. The number of aryl methyl sites for hydroxylation is 1. The highest BCUT2D eigenvalue weighted by Gasteiger charge is 2.24. The highest BCUT2D eigenvalue weighted by atomic mass is 79.9.